The summed E-state index contributed by atoms with van der Waals surface area (Å²) in [7, 11) is 0. The van der Waals surface area contributed by atoms with E-state index in [1.54, 1.807) is 11.3 Å². The molecule has 1 fully saturated rings. The molecule has 2 atom stereocenters. The lowest BCUT2D eigenvalue weighted by atomic mass is 10.3. The number of hydrogen-bond donors (Lipinski definition) is 1. The van der Waals surface area contributed by atoms with Crippen LogP contribution in [0.1, 0.15) is 18.4 Å². The molecule has 0 bridgehead atoms. The van der Waals surface area contributed by atoms with Crippen LogP contribution in [0.25, 0.3) is 10.2 Å². The summed E-state index contributed by atoms with van der Waals surface area (Å²) in [5, 5.41) is 4.71. The zero-order valence-electron chi connectivity index (χ0n) is 9.44. The fraction of sp³-hybridized carbons (Fsp3) is 0.462. The lowest BCUT2D eigenvalue weighted by Gasteiger charge is -1.99. The Kier molecular flexibility index (Phi) is 2.65. The smallest absolute Gasteiger partial charge is 0.108 e. The van der Waals surface area contributed by atoms with Crippen LogP contribution in [0.2, 0.25) is 0 Å². The first-order valence-electron chi connectivity index (χ1n) is 5.88. The van der Waals surface area contributed by atoms with Crippen LogP contribution in [0, 0.1) is 11.8 Å². The second kappa shape index (κ2) is 4.15. The molecule has 2 aromatic rings. The molecule has 1 aliphatic rings. The van der Waals surface area contributed by atoms with Gasteiger partial charge in [0.15, 0.2) is 0 Å². The summed E-state index contributed by atoms with van der Waals surface area (Å²) < 4.78 is 1.29. The molecule has 0 saturated heterocycles. The number of thiazole rings is 1. The van der Waals surface area contributed by atoms with Crippen molar-refractivity contribution < 1.29 is 0 Å². The van der Waals surface area contributed by atoms with Crippen molar-refractivity contribution in [3.05, 3.63) is 29.3 Å². The Labute approximate surface area is 99.7 Å². The largest absolute Gasteiger partial charge is 0.310 e. The summed E-state index contributed by atoms with van der Waals surface area (Å²) in [4.78, 5) is 4.61. The highest BCUT2D eigenvalue weighted by Crippen LogP contribution is 2.36. The van der Waals surface area contributed by atoms with E-state index in [1.807, 2.05) is 6.07 Å². The molecule has 1 N–H and O–H groups in total. The van der Waals surface area contributed by atoms with E-state index >= 15 is 0 Å². The number of rotatable bonds is 4. The Morgan fingerprint density at radius 1 is 1.44 bits per heavy atom. The molecule has 1 heterocycles. The second-order valence-electron chi connectivity index (χ2n) is 4.68. The zero-order chi connectivity index (χ0) is 11.0. The highest BCUT2D eigenvalue weighted by molar-refractivity contribution is 7.18. The van der Waals surface area contributed by atoms with Crippen LogP contribution in [0.3, 0.4) is 0 Å². The summed E-state index contributed by atoms with van der Waals surface area (Å²) in [6.45, 7) is 4.39. The van der Waals surface area contributed by atoms with E-state index in [9.17, 15) is 0 Å². The maximum Gasteiger partial charge on any atom is 0.108 e. The molecule has 0 radical (unpaired) electrons. The standard InChI is InChI=1S/C13H16N2S/c1-9-6-10(9)7-14-8-13-15-11-4-2-3-5-12(11)16-13/h2-5,9-10,14H,6-8H2,1H3. The number of para-hydroxylation sites is 1. The molecular weight excluding hydrogens is 216 g/mol. The fourth-order valence-electron chi connectivity index (χ4n) is 2.04. The minimum absolute atomic E-state index is 0.911. The monoisotopic (exact) mass is 232 g/mol. The third-order valence-corrected chi connectivity index (χ3v) is 4.33. The van der Waals surface area contributed by atoms with Crippen LogP contribution in [0.5, 0.6) is 0 Å². The summed E-state index contributed by atoms with van der Waals surface area (Å²) in [5.74, 6) is 1.84. The van der Waals surface area contributed by atoms with Gasteiger partial charge in [-0.2, -0.15) is 0 Å². The van der Waals surface area contributed by atoms with Crippen molar-refractivity contribution in [3.63, 3.8) is 0 Å². The highest BCUT2D eigenvalue weighted by atomic mass is 32.1. The maximum absolute atomic E-state index is 4.61. The van der Waals surface area contributed by atoms with E-state index in [2.05, 4.69) is 35.4 Å². The minimum Gasteiger partial charge on any atom is -0.310 e. The van der Waals surface area contributed by atoms with Crippen LogP contribution >= 0.6 is 11.3 Å². The predicted molar refractivity (Wildman–Crippen MR) is 68.6 cm³/mol. The first-order chi connectivity index (χ1) is 7.83. The Morgan fingerprint density at radius 3 is 3.00 bits per heavy atom. The van der Waals surface area contributed by atoms with Crippen LogP contribution < -0.4 is 5.32 Å². The lowest BCUT2D eigenvalue weighted by molar-refractivity contribution is 0.611. The van der Waals surface area contributed by atoms with Crippen molar-refractivity contribution in [2.24, 2.45) is 11.8 Å². The molecule has 1 aliphatic carbocycles. The first-order valence-corrected chi connectivity index (χ1v) is 6.70. The summed E-state index contributed by atoms with van der Waals surface area (Å²) in [5.41, 5.74) is 1.13. The van der Waals surface area contributed by atoms with Crippen LogP contribution in [-0.2, 0) is 6.54 Å². The predicted octanol–water partition coefficient (Wildman–Crippen LogP) is 3.04. The number of aromatic nitrogens is 1. The van der Waals surface area contributed by atoms with E-state index < -0.39 is 0 Å². The van der Waals surface area contributed by atoms with E-state index in [4.69, 9.17) is 0 Å². The molecule has 3 rings (SSSR count). The molecular formula is C13H16N2S. The number of hydrogen-bond acceptors (Lipinski definition) is 3. The van der Waals surface area contributed by atoms with Gasteiger partial charge in [-0.15, -0.1) is 11.3 Å². The van der Waals surface area contributed by atoms with Gasteiger partial charge in [-0.25, -0.2) is 4.98 Å². The van der Waals surface area contributed by atoms with Gasteiger partial charge in [0, 0.05) is 6.54 Å². The molecule has 1 saturated carbocycles. The maximum atomic E-state index is 4.61. The third kappa shape index (κ3) is 2.11. The zero-order valence-corrected chi connectivity index (χ0v) is 10.3. The van der Waals surface area contributed by atoms with Crippen LogP contribution in [0.15, 0.2) is 24.3 Å². The van der Waals surface area contributed by atoms with Crippen molar-refractivity contribution in [2.45, 2.75) is 19.9 Å². The van der Waals surface area contributed by atoms with E-state index in [0.717, 1.165) is 30.4 Å². The van der Waals surface area contributed by atoms with Crippen molar-refractivity contribution in [2.75, 3.05) is 6.54 Å². The molecule has 84 valence electrons. The Bertz CT molecular complexity index is 458. The molecule has 2 unspecified atom stereocenters. The van der Waals surface area contributed by atoms with Crippen molar-refractivity contribution in [1.29, 1.82) is 0 Å². The minimum atomic E-state index is 0.911. The molecule has 0 aliphatic heterocycles. The van der Waals surface area contributed by atoms with E-state index in [0.29, 0.717) is 0 Å². The molecule has 1 aromatic heterocycles. The Hall–Kier alpha value is -0.930. The van der Waals surface area contributed by atoms with Crippen molar-refractivity contribution in [1.82, 2.24) is 10.3 Å². The molecule has 16 heavy (non-hydrogen) atoms. The van der Waals surface area contributed by atoms with Gasteiger partial charge >= 0.3 is 0 Å². The molecule has 0 spiro atoms. The molecule has 3 heteroatoms. The third-order valence-electron chi connectivity index (χ3n) is 3.30. The van der Waals surface area contributed by atoms with Gasteiger partial charge in [0.2, 0.25) is 0 Å². The van der Waals surface area contributed by atoms with Crippen molar-refractivity contribution >= 4 is 21.6 Å². The van der Waals surface area contributed by atoms with E-state index in [1.165, 1.54) is 16.1 Å². The van der Waals surface area contributed by atoms with Gasteiger partial charge in [-0.05, 0) is 36.9 Å². The Balaban J connectivity index is 1.61. The number of nitrogens with zero attached hydrogens (tertiary/aromatic N) is 1. The average Bonchev–Trinajstić information content (AvgIpc) is 2.84. The summed E-state index contributed by atoms with van der Waals surface area (Å²) in [6, 6.07) is 8.34. The van der Waals surface area contributed by atoms with Crippen LogP contribution in [0.4, 0.5) is 0 Å². The van der Waals surface area contributed by atoms with Crippen molar-refractivity contribution in [3.8, 4) is 0 Å². The highest BCUT2D eigenvalue weighted by Gasteiger charge is 2.31. The van der Waals surface area contributed by atoms with Gasteiger partial charge in [-0.3, -0.25) is 0 Å². The fourth-order valence-corrected chi connectivity index (χ4v) is 2.98. The average molecular weight is 232 g/mol. The molecule has 1 aromatic carbocycles. The SMILES string of the molecule is CC1CC1CNCc1nc2ccccc2s1. The second-order valence-corrected chi connectivity index (χ2v) is 5.79. The Morgan fingerprint density at radius 2 is 2.25 bits per heavy atom. The van der Waals surface area contributed by atoms with Gasteiger partial charge in [0.1, 0.15) is 5.01 Å². The van der Waals surface area contributed by atoms with Crippen LogP contribution in [-0.4, -0.2) is 11.5 Å². The van der Waals surface area contributed by atoms with E-state index in [-0.39, 0.29) is 0 Å². The normalized spacial score (nSPS) is 23.8. The molecule has 0 amide bonds. The van der Waals surface area contributed by atoms with Gasteiger partial charge < -0.3 is 5.32 Å². The van der Waals surface area contributed by atoms with Gasteiger partial charge in [0.25, 0.3) is 0 Å². The number of benzene rings is 1. The van der Waals surface area contributed by atoms with Gasteiger partial charge in [-0.1, -0.05) is 19.1 Å². The lowest BCUT2D eigenvalue weighted by Crippen LogP contribution is -2.16. The quantitative estimate of drug-likeness (QED) is 0.876. The number of nitrogens with one attached hydrogen (secondary N) is 1. The first kappa shape index (κ1) is 10.2. The van der Waals surface area contributed by atoms with Gasteiger partial charge in [0.05, 0.1) is 10.2 Å². The number of fused-ring (bicyclic) bond motifs is 1. The summed E-state index contributed by atoms with van der Waals surface area (Å²) >= 11 is 1.80. The summed E-state index contributed by atoms with van der Waals surface area (Å²) in [6.07, 6.45) is 1.40. The molecule has 2 nitrogen and oxygen atoms in total. The topological polar surface area (TPSA) is 24.9 Å².